The summed E-state index contributed by atoms with van der Waals surface area (Å²) in [5.41, 5.74) is 1.25. The van der Waals surface area contributed by atoms with E-state index in [0.29, 0.717) is 12.4 Å². The first-order valence-electron chi connectivity index (χ1n) is 8.10. The predicted molar refractivity (Wildman–Crippen MR) is 94.1 cm³/mol. The lowest BCUT2D eigenvalue weighted by Crippen LogP contribution is -2.26. The van der Waals surface area contributed by atoms with Crippen LogP contribution in [0.5, 0.6) is 0 Å². The molecular formula is C16H28BClN2O2. The van der Waals surface area contributed by atoms with Crippen LogP contribution >= 0.6 is 11.6 Å². The summed E-state index contributed by atoms with van der Waals surface area (Å²) in [5.74, 6) is 0. The van der Waals surface area contributed by atoms with Gasteiger partial charge in [0, 0.05) is 17.6 Å². The van der Waals surface area contributed by atoms with Gasteiger partial charge in [-0.2, -0.15) is 0 Å². The van der Waals surface area contributed by atoms with Gasteiger partial charge in [0.1, 0.15) is 0 Å². The highest BCUT2D eigenvalue weighted by molar-refractivity contribution is 6.40. The summed E-state index contributed by atoms with van der Waals surface area (Å²) < 4.78 is 0. The molecule has 0 fully saturated rings. The van der Waals surface area contributed by atoms with Crippen molar-refractivity contribution in [1.82, 2.24) is 10.6 Å². The minimum Gasteiger partial charge on any atom is -0.427 e. The van der Waals surface area contributed by atoms with Crippen LogP contribution in [0.2, 0.25) is 11.3 Å². The minimum atomic E-state index is -1.16. The average molecular weight is 327 g/mol. The van der Waals surface area contributed by atoms with Gasteiger partial charge in [-0.05, 0) is 56.9 Å². The molecule has 0 spiro atoms. The second kappa shape index (κ2) is 11.9. The molecule has 0 aliphatic carbocycles. The van der Waals surface area contributed by atoms with Crippen LogP contribution in [0.4, 0.5) is 0 Å². The van der Waals surface area contributed by atoms with Crippen molar-refractivity contribution in [2.75, 3.05) is 13.6 Å². The van der Waals surface area contributed by atoms with Crippen LogP contribution in [0, 0.1) is 0 Å². The second-order valence-corrected chi connectivity index (χ2v) is 6.13. The lowest BCUT2D eigenvalue weighted by atomic mass is 9.83. The summed E-state index contributed by atoms with van der Waals surface area (Å²) in [7, 11) is 0.831. The minimum absolute atomic E-state index is 0.471. The van der Waals surface area contributed by atoms with Crippen molar-refractivity contribution in [3.8, 4) is 0 Å². The fraction of sp³-hybridized carbons (Fsp3) is 0.625. The van der Waals surface area contributed by atoms with E-state index in [0.717, 1.165) is 50.2 Å². The van der Waals surface area contributed by atoms with Crippen LogP contribution in [-0.2, 0) is 6.54 Å². The third-order valence-corrected chi connectivity index (χ3v) is 4.07. The van der Waals surface area contributed by atoms with Gasteiger partial charge in [0.2, 0.25) is 0 Å². The zero-order valence-corrected chi connectivity index (χ0v) is 14.1. The Morgan fingerprint density at radius 2 is 1.77 bits per heavy atom. The quantitative estimate of drug-likeness (QED) is 0.352. The molecule has 0 saturated carbocycles. The van der Waals surface area contributed by atoms with E-state index in [1.54, 1.807) is 0 Å². The molecule has 4 nitrogen and oxygen atoms in total. The highest BCUT2D eigenvalue weighted by Gasteiger charge is 2.08. The molecule has 1 aromatic carbocycles. The molecule has 0 bridgehead atoms. The summed E-state index contributed by atoms with van der Waals surface area (Å²) in [6.45, 7) is 1.87. The van der Waals surface area contributed by atoms with Crippen molar-refractivity contribution in [2.45, 2.75) is 51.0 Å². The normalized spacial score (nSPS) is 12.4. The number of hydrogen-bond acceptors (Lipinski definition) is 4. The maximum atomic E-state index is 8.81. The Morgan fingerprint density at radius 1 is 1.09 bits per heavy atom. The zero-order chi connectivity index (χ0) is 16.2. The van der Waals surface area contributed by atoms with Crippen molar-refractivity contribution in [2.24, 2.45) is 0 Å². The van der Waals surface area contributed by atoms with E-state index in [9.17, 15) is 0 Å². The van der Waals surface area contributed by atoms with Crippen LogP contribution in [-0.4, -0.2) is 36.8 Å². The summed E-state index contributed by atoms with van der Waals surface area (Å²) in [6, 6.07) is 8.42. The predicted octanol–water partition coefficient (Wildman–Crippen LogP) is 2.44. The molecular weight excluding hydrogens is 298 g/mol. The number of nitrogens with one attached hydrogen (secondary N) is 2. The molecule has 0 aromatic heterocycles. The lowest BCUT2D eigenvalue weighted by molar-refractivity contribution is 0.397. The monoisotopic (exact) mass is 326 g/mol. The standard InChI is InChI=1S/C16H28BClN2O2/c1-19-16(5-2-3-11-17(21)22)6-4-12-20-13-14-7-9-15(18)10-8-14/h7-10,16,19-22H,2-6,11-13H2,1H3. The Balaban J connectivity index is 2.05. The van der Waals surface area contributed by atoms with E-state index in [4.69, 9.17) is 21.6 Å². The lowest BCUT2D eigenvalue weighted by Gasteiger charge is -2.16. The Bertz CT molecular complexity index is 390. The largest absolute Gasteiger partial charge is 0.451 e. The SMILES string of the molecule is CNC(CCCCB(O)O)CCCNCc1ccc(Cl)cc1. The maximum Gasteiger partial charge on any atom is 0.451 e. The molecule has 0 amide bonds. The molecule has 1 atom stereocenters. The van der Waals surface area contributed by atoms with Crippen LogP contribution in [0.1, 0.15) is 37.7 Å². The number of rotatable bonds is 12. The van der Waals surface area contributed by atoms with Gasteiger partial charge in [0.25, 0.3) is 0 Å². The van der Waals surface area contributed by atoms with Crippen LogP contribution in [0.15, 0.2) is 24.3 Å². The molecule has 4 N–H and O–H groups in total. The highest BCUT2D eigenvalue weighted by atomic mass is 35.5. The van der Waals surface area contributed by atoms with Gasteiger partial charge in [-0.1, -0.05) is 36.6 Å². The van der Waals surface area contributed by atoms with E-state index in [-0.39, 0.29) is 0 Å². The van der Waals surface area contributed by atoms with E-state index in [1.165, 1.54) is 5.56 Å². The molecule has 0 saturated heterocycles. The first kappa shape index (κ1) is 19.5. The number of benzene rings is 1. The highest BCUT2D eigenvalue weighted by Crippen LogP contribution is 2.10. The van der Waals surface area contributed by atoms with Crippen molar-refractivity contribution in [1.29, 1.82) is 0 Å². The molecule has 0 aliphatic heterocycles. The first-order chi connectivity index (χ1) is 10.6. The second-order valence-electron chi connectivity index (χ2n) is 5.70. The number of hydrogen-bond donors (Lipinski definition) is 4. The Kier molecular flexibility index (Phi) is 10.5. The summed E-state index contributed by atoms with van der Waals surface area (Å²) in [5, 5.41) is 25.2. The number of halogens is 1. The van der Waals surface area contributed by atoms with Crippen LogP contribution in [0.3, 0.4) is 0 Å². The molecule has 0 radical (unpaired) electrons. The van der Waals surface area contributed by atoms with E-state index in [1.807, 2.05) is 31.3 Å². The molecule has 0 aliphatic rings. The smallest absolute Gasteiger partial charge is 0.427 e. The van der Waals surface area contributed by atoms with Gasteiger partial charge in [0.15, 0.2) is 0 Å². The Morgan fingerprint density at radius 3 is 2.41 bits per heavy atom. The fourth-order valence-corrected chi connectivity index (χ4v) is 2.59. The van der Waals surface area contributed by atoms with E-state index in [2.05, 4.69) is 10.6 Å². The van der Waals surface area contributed by atoms with Crippen LogP contribution < -0.4 is 10.6 Å². The Labute approximate surface area is 139 Å². The fourth-order valence-electron chi connectivity index (χ4n) is 2.46. The summed E-state index contributed by atoms with van der Waals surface area (Å²) in [6.07, 6.45) is 5.71. The molecule has 1 unspecified atom stereocenters. The molecule has 0 heterocycles. The van der Waals surface area contributed by atoms with Gasteiger partial charge in [-0.3, -0.25) is 0 Å². The van der Waals surface area contributed by atoms with E-state index < -0.39 is 7.12 Å². The summed E-state index contributed by atoms with van der Waals surface area (Å²) in [4.78, 5) is 0. The van der Waals surface area contributed by atoms with Gasteiger partial charge >= 0.3 is 7.12 Å². The first-order valence-corrected chi connectivity index (χ1v) is 8.48. The molecule has 6 heteroatoms. The van der Waals surface area contributed by atoms with Crippen molar-refractivity contribution >= 4 is 18.7 Å². The third kappa shape index (κ3) is 9.44. The molecule has 1 rings (SSSR count). The van der Waals surface area contributed by atoms with Gasteiger partial charge in [0.05, 0.1) is 0 Å². The molecule has 1 aromatic rings. The average Bonchev–Trinajstić information content (AvgIpc) is 2.50. The molecule has 22 heavy (non-hydrogen) atoms. The van der Waals surface area contributed by atoms with E-state index >= 15 is 0 Å². The third-order valence-electron chi connectivity index (χ3n) is 3.82. The van der Waals surface area contributed by atoms with Gasteiger partial charge in [-0.25, -0.2) is 0 Å². The Hall–Kier alpha value is -0.585. The van der Waals surface area contributed by atoms with Crippen molar-refractivity contribution < 1.29 is 10.0 Å². The van der Waals surface area contributed by atoms with Gasteiger partial charge < -0.3 is 20.7 Å². The summed E-state index contributed by atoms with van der Waals surface area (Å²) >= 11 is 5.86. The topological polar surface area (TPSA) is 64.5 Å². The molecule has 124 valence electrons. The van der Waals surface area contributed by atoms with Gasteiger partial charge in [-0.15, -0.1) is 0 Å². The maximum absolute atomic E-state index is 8.81. The van der Waals surface area contributed by atoms with Crippen LogP contribution in [0.25, 0.3) is 0 Å². The zero-order valence-electron chi connectivity index (χ0n) is 13.4. The number of unbranched alkanes of at least 4 members (excludes halogenated alkanes) is 1. The van der Waals surface area contributed by atoms with Crippen molar-refractivity contribution in [3.63, 3.8) is 0 Å². The van der Waals surface area contributed by atoms with Crippen molar-refractivity contribution in [3.05, 3.63) is 34.9 Å².